The normalized spacial score (nSPS) is 13.2. The lowest BCUT2D eigenvalue weighted by Gasteiger charge is -2.11. The quantitative estimate of drug-likeness (QED) is 0.554. The number of fused-ring (bicyclic) bond motifs is 3. The van der Waals surface area contributed by atoms with E-state index < -0.39 is 11.8 Å². The molecule has 0 amide bonds. The first kappa shape index (κ1) is 16.3. The van der Waals surface area contributed by atoms with E-state index in [-0.39, 0.29) is 29.3 Å². The first-order valence-electron chi connectivity index (χ1n) is 7.64. The van der Waals surface area contributed by atoms with E-state index in [4.69, 9.17) is 11.6 Å². The van der Waals surface area contributed by atoms with Crippen LogP contribution in [0, 0.1) is 11.0 Å². The number of carboxylic acids is 1. The number of nitrogens with zero attached hydrogens (tertiary/aromatic N) is 3. The Balaban J connectivity index is 2.04. The van der Waals surface area contributed by atoms with Crippen molar-refractivity contribution in [2.24, 2.45) is 0 Å². The summed E-state index contributed by atoms with van der Waals surface area (Å²) in [4.78, 5) is 15.3. The zero-order chi connectivity index (χ0) is 18.4. The van der Waals surface area contributed by atoms with Crippen LogP contribution >= 0.6 is 11.6 Å². The first-order valence-corrected chi connectivity index (χ1v) is 8.02. The molecule has 2 heterocycles. The van der Waals surface area contributed by atoms with Gasteiger partial charge in [0.2, 0.25) is 12.3 Å². The van der Waals surface area contributed by atoms with Crippen LogP contribution in [0.4, 0.5) is 4.39 Å². The summed E-state index contributed by atoms with van der Waals surface area (Å²) in [6, 6.07) is 10.8. The van der Waals surface area contributed by atoms with Crippen LogP contribution in [-0.2, 0) is 6.54 Å². The molecule has 0 radical (unpaired) electrons. The number of hydrogen-bond donors (Lipinski definition) is 1. The van der Waals surface area contributed by atoms with Crippen molar-refractivity contribution in [2.75, 3.05) is 0 Å². The summed E-state index contributed by atoms with van der Waals surface area (Å²) in [7, 11) is 0. The maximum atomic E-state index is 14.4. The van der Waals surface area contributed by atoms with Crippen molar-refractivity contribution < 1.29 is 19.0 Å². The fourth-order valence-electron chi connectivity index (χ4n) is 3.02. The van der Waals surface area contributed by atoms with Gasteiger partial charge in [-0.25, -0.2) is 14.2 Å². The number of hydroxylamine groups is 1. The molecule has 3 aromatic rings. The maximum Gasteiger partial charge on any atom is 0.356 e. The minimum atomic E-state index is -1.20. The molecule has 0 bridgehead atoms. The standard InChI is InChI=1S/C18H11ClFN3O3/c19-10-5-6-15-12(7-10)17(11-3-1-2-4-13(11)20)23(26)9-16-21-14(18(24)25)8-22(15)16/h1-8H,9H2,(H,24,25). The van der Waals surface area contributed by atoms with E-state index in [0.717, 1.165) is 0 Å². The summed E-state index contributed by atoms with van der Waals surface area (Å²) in [5.74, 6) is -1.50. The zero-order valence-corrected chi connectivity index (χ0v) is 13.9. The lowest BCUT2D eigenvalue weighted by molar-refractivity contribution is -0.475. The van der Waals surface area contributed by atoms with Crippen molar-refractivity contribution in [1.29, 1.82) is 0 Å². The van der Waals surface area contributed by atoms with Crippen LogP contribution < -0.4 is 0 Å². The summed E-state index contributed by atoms with van der Waals surface area (Å²) in [5, 5.41) is 22.4. The third-order valence-corrected chi connectivity index (χ3v) is 4.37. The van der Waals surface area contributed by atoms with Gasteiger partial charge >= 0.3 is 5.97 Å². The third kappa shape index (κ3) is 2.53. The number of halogens is 2. The molecular formula is C18H11ClFN3O3. The minimum Gasteiger partial charge on any atom is -0.623 e. The van der Waals surface area contributed by atoms with Gasteiger partial charge in [-0.1, -0.05) is 23.7 Å². The fourth-order valence-corrected chi connectivity index (χ4v) is 3.20. The maximum absolute atomic E-state index is 14.4. The van der Waals surface area contributed by atoms with Crippen molar-refractivity contribution in [3.05, 3.63) is 87.4 Å². The molecule has 1 aliphatic heterocycles. The highest BCUT2D eigenvalue weighted by Gasteiger charge is 2.30. The lowest BCUT2D eigenvalue weighted by atomic mass is 10.00. The van der Waals surface area contributed by atoms with E-state index in [9.17, 15) is 19.5 Å². The van der Waals surface area contributed by atoms with Crippen molar-refractivity contribution in [3.63, 3.8) is 0 Å². The van der Waals surface area contributed by atoms with E-state index >= 15 is 0 Å². The van der Waals surface area contributed by atoms with Crippen molar-refractivity contribution in [3.8, 4) is 5.69 Å². The zero-order valence-electron chi connectivity index (χ0n) is 13.2. The first-order chi connectivity index (χ1) is 12.5. The van der Waals surface area contributed by atoms with E-state index in [1.165, 1.54) is 29.0 Å². The molecule has 6 nitrogen and oxygen atoms in total. The number of aromatic carboxylic acids is 1. The molecule has 26 heavy (non-hydrogen) atoms. The molecule has 130 valence electrons. The Morgan fingerprint density at radius 3 is 2.77 bits per heavy atom. The van der Waals surface area contributed by atoms with Gasteiger partial charge in [0.15, 0.2) is 11.5 Å². The van der Waals surface area contributed by atoms with Crippen LogP contribution in [0.2, 0.25) is 5.02 Å². The number of hydrogen-bond acceptors (Lipinski definition) is 3. The molecule has 0 spiro atoms. The van der Waals surface area contributed by atoms with Crippen molar-refractivity contribution in [1.82, 2.24) is 9.55 Å². The monoisotopic (exact) mass is 371 g/mol. The SMILES string of the molecule is O=C(O)c1cn2c(n1)C[N+]([O-])=C(c1ccccc1F)c1cc(Cl)ccc1-2. The predicted molar refractivity (Wildman–Crippen MR) is 92.5 cm³/mol. The number of carbonyl (C=O) groups is 1. The molecule has 1 aromatic heterocycles. The number of imidazole rings is 1. The number of rotatable bonds is 2. The molecule has 0 unspecified atom stereocenters. The highest BCUT2D eigenvalue weighted by molar-refractivity contribution is 6.31. The molecule has 2 aromatic carbocycles. The molecule has 1 aliphatic rings. The van der Waals surface area contributed by atoms with Crippen LogP contribution in [0.25, 0.3) is 5.69 Å². The van der Waals surface area contributed by atoms with Crippen molar-refractivity contribution in [2.45, 2.75) is 6.54 Å². The minimum absolute atomic E-state index is 0.114. The van der Waals surface area contributed by atoms with E-state index in [0.29, 0.717) is 21.0 Å². The van der Waals surface area contributed by atoms with Crippen LogP contribution in [0.15, 0.2) is 48.7 Å². The van der Waals surface area contributed by atoms with Crippen LogP contribution in [0.3, 0.4) is 0 Å². The molecular weight excluding hydrogens is 361 g/mol. The van der Waals surface area contributed by atoms with Gasteiger partial charge in [-0.05, 0) is 30.3 Å². The van der Waals surface area contributed by atoms with Crippen LogP contribution in [-0.4, -0.2) is 31.1 Å². The summed E-state index contributed by atoms with van der Waals surface area (Å²) >= 11 is 6.11. The molecule has 1 N–H and O–H groups in total. The highest BCUT2D eigenvalue weighted by atomic mass is 35.5. The molecule has 0 fully saturated rings. The Kier molecular flexibility index (Phi) is 3.73. The Bertz CT molecular complexity index is 1090. The number of carboxylic acid groups (broad SMARTS) is 1. The fraction of sp³-hybridized carbons (Fsp3) is 0.0556. The van der Waals surface area contributed by atoms with Gasteiger partial charge < -0.3 is 10.3 Å². The average molecular weight is 372 g/mol. The second kappa shape index (κ2) is 5.96. The molecule has 0 saturated heterocycles. The van der Waals surface area contributed by atoms with E-state index in [2.05, 4.69) is 4.98 Å². The smallest absolute Gasteiger partial charge is 0.356 e. The molecule has 0 aliphatic carbocycles. The van der Waals surface area contributed by atoms with Gasteiger partial charge in [-0.2, -0.15) is 4.74 Å². The van der Waals surface area contributed by atoms with Crippen LogP contribution in [0.5, 0.6) is 0 Å². The summed E-state index contributed by atoms with van der Waals surface area (Å²) in [5.41, 5.74) is 0.966. The van der Waals surface area contributed by atoms with Gasteiger partial charge in [0.25, 0.3) is 0 Å². The van der Waals surface area contributed by atoms with Gasteiger partial charge in [-0.3, -0.25) is 4.57 Å². The van der Waals surface area contributed by atoms with Gasteiger partial charge in [0.05, 0.1) is 16.8 Å². The predicted octanol–water partition coefficient (Wildman–Crippen LogP) is 3.22. The second-order valence-electron chi connectivity index (χ2n) is 5.74. The Morgan fingerprint density at radius 2 is 2.04 bits per heavy atom. The average Bonchev–Trinajstić information content (AvgIpc) is 2.97. The third-order valence-electron chi connectivity index (χ3n) is 4.13. The van der Waals surface area contributed by atoms with Crippen LogP contribution in [0.1, 0.15) is 27.4 Å². The van der Waals surface area contributed by atoms with Gasteiger partial charge in [0.1, 0.15) is 5.82 Å². The van der Waals surface area contributed by atoms with Gasteiger partial charge in [-0.15, -0.1) is 0 Å². The van der Waals surface area contributed by atoms with Gasteiger partial charge in [0, 0.05) is 11.2 Å². The van der Waals surface area contributed by atoms with E-state index in [1.54, 1.807) is 24.3 Å². The van der Waals surface area contributed by atoms with Crippen molar-refractivity contribution >= 4 is 23.3 Å². The Hall–Kier alpha value is -3.19. The molecule has 4 rings (SSSR count). The lowest BCUT2D eigenvalue weighted by Crippen LogP contribution is -2.19. The molecule has 0 saturated carbocycles. The summed E-state index contributed by atoms with van der Waals surface area (Å²) in [6.07, 6.45) is 1.34. The summed E-state index contributed by atoms with van der Waals surface area (Å²) < 4.78 is 16.5. The second-order valence-corrected chi connectivity index (χ2v) is 6.18. The van der Waals surface area contributed by atoms with E-state index in [1.807, 2.05) is 0 Å². The molecule has 8 heteroatoms. The Labute approximate surface area is 152 Å². The highest BCUT2D eigenvalue weighted by Crippen LogP contribution is 2.28. The number of benzene rings is 2. The molecule has 0 atom stereocenters. The summed E-state index contributed by atoms with van der Waals surface area (Å²) in [6.45, 7) is -0.233. The number of aromatic nitrogens is 2. The topological polar surface area (TPSA) is 81.2 Å². The largest absolute Gasteiger partial charge is 0.623 e. The Morgan fingerprint density at radius 1 is 1.27 bits per heavy atom.